The normalized spacial score (nSPS) is 18.4. The van der Waals surface area contributed by atoms with Gasteiger partial charge in [-0.1, -0.05) is 0 Å². The lowest BCUT2D eigenvalue weighted by Crippen LogP contribution is -2.51. The smallest absolute Gasteiger partial charge is 0.320 e. The second-order valence-electron chi connectivity index (χ2n) is 15.3. The number of halogens is 2. The van der Waals surface area contributed by atoms with E-state index in [-0.39, 0.29) is 115 Å². The van der Waals surface area contributed by atoms with Crippen LogP contribution in [0.15, 0.2) is 30.5 Å². The highest BCUT2D eigenvalue weighted by atomic mass is 19.3. The first-order chi connectivity index (χ1) is 29.0. The van der Waals surface area contributed by atoms with Gasteiger partial charge in [0.2, 0.25) is 23.6 Å². The van der Waals surface area contributed by atoms with Crippen LogP contribution in [0, 0.1) is 0 Å². The molecule has 5 N–H and O–H groups in total. The van der Waals surface area contributed by atoms with E-state index in [0.717, 1.165) is 4.90 Å². The number of amides is 5. The number of aromatic nitrogens is 1. The number of nitrogens with one attached hydrogen (secondary N) is 2. The third-order valence-corrected chi connectivity index (χ3v) is 11.0. The highest BCUT2D eigenvalue weighted by Gasteiger charge is 2.40. The molecular formula is C39H51F2N9O11. The molecule has 61 heavy (non-hydrogen) atoms. The molecule has 0 bridgehead atoms. The molecule has 332 valence electrons. The van der Waals surface area contributed by atoms with Crippen LogP contribution in [0.25, 0.3) is 10.9 Å². The Morgan fingerprint density at radius 3 is 1.85 bits per heavy atom. The van der Waals surface area contributed by atoms with E-state index in [1.54, 1.807) is 36.6 Å². The van der Waals surface area contributed by atoms with Crippen molar-refractivity contribution in [3.8, 4) is 0 Å². The monoisotopic (exact) mass is 859 g/mol. The maximum atomic E-state index is 13.5. The fraction of sp³-hybridized carbons (Fsp3) is 0.564. The van der Waals surface area contributed by atoms with Gasteiger partial charge in [-0.25, -0.2) is 8.78 Å². The number of anilines is 1. The lowest BCUT2D eigenvalue weighted by molar-refractivity contribution is -0.145. The summed E-state index contributed by atoms with van der Waals surface area (Å²) in [6.45, 7) is 0.453. The van der Waals surface area contributed by atoms with E-state index >= 15 is 0 Å². The number of rotatable bonds is 16. The van der Waals surface area contributed by atoms with Crippen LogP contribution in [0.4, 0.5) is 14.5 Å². The van der Waals surface area contributed by atoms with Crippen LogP contribution in [0.3, 0.4) is 0 Å². The highest BCUT2D eigenvalue weighted by molar-refractivity contribution is 6.08. The first kappa shape index (κ1) is 46.2. The summed E-state index contributed by atoms with van der Waals surface area (Å²) in [4.78, 5) is 113. The second kappa shape index (κ2) is 21.1. The fourth-order valence-corrected chi connectivity index (χ4v) is 7.59. The van der Waals surface area contributed by atoms with Crippen molar-refractivity contribution < 1.29 is 62.5 Å². The average molecular weight is 860 g/mol. The predicted octanol–water partition coefficient (Wildman–Crippen LogP) is -0.456. The van der Waals surface area contributed by atoms with Crippen molar-refractivity contribution >= 4 is 64.0 Å². The number of piperazine rings is 1. The third kappa shape index (κ3) is 13.6. The van der Waals surface area contributed by atoms with Gasteiger partial charge in [0.15, 0.2) is 0 Å². The number of carboxylic acid groups (broad SMARTS) is 3. The Labute approximate surface area is 349 Å². The Bertz CT molecular complexity index is 1950. The van der Waals surface area contributed by atoms with Crippen molar-refractivity contribution in [2.75, 3.05) is 103 Å². The van der Waals surface area contributed by atoms with Gasteiger partial charge in [-0.3, -0.25) is 58.0 Å². The Balaban J connectivity index is 1.07. The molecule has 0 radical (unpaired) electrons. The van der Waals surface area contributed by atoms with Crippen molar-refractivity contribution in [2.45, 2.75) is 44.1 Å². The molecular weight excluding hydrogens is 808 g/mol. The molecule has 0 spiro atoms. The molecule has 3 fully saturated rings. The summed E-state index contributed by atoms with van der Waals surface area (Å²) in [5.41, 5.74) is 0.892. The minimum Gasteiger partial charge on any atom is -0.480 e. The van der Waals surface area contributed by atoms with Crippen LogP contribution in [-0.4, -0.2) is 207 Å². The molecule has 1 unspecified atom stereocenters. The predicted molar refractivity (Wildman–Crippen MR) is 212 cm³/mol. The number of likely N-dealkylation sites (tertiary alicyclic amines) is 1. The zero-order chi connectivity index (χ0) is 44.3. The van der Waals surface area contributed by atoms with Crippen molar-refractivity contribution in [3.05, 3.63) is 36.0 Å². The van der Waals surface area contributed by atoms with Crippen LogP contribution in [0.2, 0.25) is 0 Å². The summed E-state index contributed by atoms with van der Waals surface area (Å²) in [6.07, 6.45) is 0.544. The summed E-state index contributed by atoms with van der Waals surface area (Å²) in [5.74, 6) is -8.58. The number of benzene rings is 1. The van der Waals surface area contributed by atoms with Gasteiger partial charge in [-0.2, -0.15) is 0 Å². The average Bonchev–Trinajstić information content (AvgIpc) is 3.62. The number of carbonyl (C=O) groups excluding carboxylic acids is 5. The van der Waals surface area contributed by atoms with Crippen LogP contribution < -0.4 is 10.6 Å². The second-order valence-corrected chi connectivity index (χ2v) is 15.3. The number of pyridine rings is 1. The van der Waals surface area contributed by atoms with Crippen molar-refractivity contribution in [1.82, 2.24) is 39.7 Å². The van der Waals surface area contributed by atoms with E-state index in [9.17, 15) is 62.5 Å². The molecule has 4 heterocycles. The molecule has 1 aromatic carbocycles. The van der Waals surface area contributed by atoms with E-state index in [1.807, 2.05) is 0 Å². The zero-order valence-corrected chi connectivity index (χ0v) is 33.6. The number of aliphatic carboxylic acids is 3. The van der Waals surface area contributed by atoms with Gasteiger partial charge in [-0.05, 0) is 30.7 Å². The molecule has 22 heteroatoms. The summed E-state index contributed by atoms with van der Waals surface area (Å²) in [6, 6.07) is 5.03. The Morgan fingerprint density at radius 2 is 1.30 bits per heavy atom. The molecule has 3 saturated heterocycles. The summed E-state index contributed by atoms with van der Waals surface area (Å²) in [7, 11) is 0. The van der Waals surface area contributed by atoms with Gasteiger partial charge in [0.1, 0.15) is 6.04 Å². The summed E-state index contributed by atoms with van der Waals surface area (Å²) < 4.78 is 27.0. The van der Waals surface area contributed by atoms with E-state index in [2.05, 4.69) is 15.6 Å². The van der Waals surface area contributed by atoms with Crippen LogP contribution >= 0.6 is 0 Å². The maximum Gasteiger partial charge on any atom is 0.320 e. The minimum absolute atomic E-state index is 0.0336. The van der Waals surface area contributed by atoms with Gasteiger partial charge in [0.25, 0.3) is 11.8 Å². The number of carboxylic acids is 3. The lowest BCUT2D eigenvalue weighted by atomic mass is 10.1. The maximum absolute atomic E-state index is 13.5. The Morgan fingerprint density at radius 1 is 0.705 bits per heavy atom. The Hall–Kier alpha value is -5.87. The zero-order valence-electron chi connectivity index (χ0n) is 33.6. The van der Waals surface area contributed by atoms with E-state index in [1.165, 1.54) is 18.3 Å². The van der Waals surface area contributed by atoms with Gasteiger partial charge < -0.3 is 40.7 Å². The molecule has 1 atom stereocenters. The number of carbonyl (C=O) groups is 8. The van der Waals surface area contributed by atoms with Crippen molar-refractivity contribution in [3.63, 3.8) is 0 Å². The van der Waals surface area contributed by atoms with Crippen LogP contribution in [0.5, 0.6) is 0 Å². The highest BCUT2D eigenvalue weighted by Crippen LogP contribution is 2.27. The molecule has 2 aromatic rings. The molecule has 3 aliphatic rings. The van der Waals surface area contributed by atoms with Gasteiger partial charge >= 0.3 is 17.9 Å². The SMILES string of the molecule is O=C(O)CN1CCN(CC(=O)O)CCN(C(CCC(=O)N2CCN(C(=O)CCC(=O)Nc3ccc4nccc(C(=O)NCC(=O)N5CCC(F)(F)C5)c4c3)CC2)C(=O)O)CC1. The van der Waals surface area contributed by atoms with Crippen molar-refractivity contribution in [2.24, 2.45) is 0 Å². The third-order valence-electron chi connectivity index (χ3n) is 11.0. The number of nitrogens with zero attached hydrogens (tertiary/aromatic N) is 7. The number of hydrogen-bond donors (Lipinski definition) is 5. The molecule has 0 aliphatic carbocycles. The van der Waals surface area contributed by atoms with E-state index < -0.39 is 67.1 Å². The van der Waals surface area contributed by atoms with Crippen LogP contribution in [0.1, 0.15) is 42.5 Å². The fourth-order valence-electron chi connectivity index (χ4n) is 7.59. The number of hydrogen-bond acceptors (Lipinski definition) is 12. The van der Waals surface area contributed by atoms with Gasteiger partial charge in [-0.15, -0.1) is 0 Å². The van der Waals surface area contributed by atoms with Gasteiger partial charge in [0.05, 0.1) is 37.3 Å². The van der Waals surface area contributed by atoms with Gasteiger partial charge in [0, 0.05) is 115 Å². The van der Waals surface area contributed by atoms with Crippen LogP contribution in [-0.2, 0) is 33.6 Å². The molecule has 20 nitrogen and oxygen atoms in total. The molecule has 3 aliphatic heterocycles. The summed E-state index contributed by atoms with van der Waals surface area (Å²) in [5, 5.41) is 34.3. The van der Waals surface area contributed by atoms with E-state index in [4.69, 9.17) is 0 Å². The quantitative estimate of drug-likeness (QED) is 0.143. The Kier molecular flexibility index (Phi) is 16.0. The number of fused-ring (bicyclic) bond motifs is 1. The number of alkyl halides is 2. The first-order valence-electron chi connectivity index (χ1n) is 20.0. The minimum atomic E-state index is -2.96. The first-order valence-corrected chi connectivity index (χ1v) is 20.0. The van der Waals surface area contributed by atoms with Crippen molar-refractivity contribution in [1.29, 1.82) is 0 Å². The standard InChI is InChI=1S/C39H51F2N9O11/c40-39(41)8-10-50(25-39)34(54)22-43-37(59)27-7-9-42-29-2-1-26(21-28(27)29)44-31(51)4-6-33(53)49-19-17-48(18-20-49)32(52)5-3-30(38(60)61)47-15-13-45(23-35(55)56)11-12-46(14-16-47)24-36(57)58/h1-2,7,9,21,30H,3-6,8,10-20,22-25H2,(H,43,59)(H,44,51)(H,55,56)(H,57,58)(H,60,61). The molecule has 1 aromatic heterocycles. The molecule has 5 amide bonds. The largest absolute Gasteiger partial charge is 0.480 e. The van der Waals surface area contributed by atoms with E-state index in [0.29, 0.717) is 29.7 Å². The topological polar surface area (TPSA) is 254 Å². The molecule has 0 saturated carbocycles. The lowest BCUT2D eigenvalue weighted by Gasteiger charge is -2.35. The molecule has 5 rings (SSSR count). The summed E-state index contributed by atoms with van der Waals surface area (Å²) >= 11 is 0.